The van der Waals surface area contributed by atoms with Gasteiger partial charge < -0.3 is 9.32 Å². The van der Waals surface area contributed by atoms with E-state index >= 15 is 0 Å². The Morgan fingerprint density at radius 2 is 1.07 bits per heavy atom. The number of hydrogen-bond acceptors (Lipinski definition) is 3. The largest absolute Gasteiger partial charge is 0.454 e. The first kappa shape index (κ1) is 33.7. The minimum atomic E-state index is 0.863. The van der Waals surface area contributed by atoms with Crippen LogP contribution in [0.5, 0.6) is 0 Å². The van der Waals surface area contributed by atoms with Gasteiger partial charge in [0.2, 0.25) is 0 Å². The lowest BCUT2D eigenvalue weighted by Gasteiger charge is -2.27. The van der Waals surface area contributed by atoms with Crippen molar-refractivity contribution in [2.75, 3.05) is 4.90 Å². The molecule has 0 amide bonds. The molecule has 0 saturated heterocycles. The van der Waals surface area contributed by atoms with E-state index in [1.807, 2.05) is 11.3 Å². The highest BCUT2D eigenvalue weighted by molar-refractivity contribution is 7.26. The highest BCUT2D eigenvalue weighted by atomic mass is 32.1. The zero-order chi connectivity index (χ0) is 38.9. The Morgan fingerprint density at radius 3 is 1.97 bits per heavy atom. The smallest absolute Gasteiger partial charge is 0.160 e. The standard InChI is InChI=1S/C56H35NOS/c1-2-13-38(14-3-1)44-19-10-16-39-25-26-41(35-49(39)44)37-28-30-43(31-29-37)57(51-21-11-20-47-46-17-7-9-23-53(46)59-56(47)51)50-33-32-45(42-27-24-36-12-4-5-15-40(36)34-42)54-48-18-6-8-22-52(48)58-55(50)54/h1-35H. The molecule has 12 rings (SSSR count). The third kappa shape index (κ3) is 5.55. The van der Waals surface area contributed by atoms with Gasteiger partial charge in [-0.05, 0) is 103 Å². The van der Waals surface area contributed by atoms with Gasteiger partial charge in [0.15, 0.2) is 5.58 Å². The number of rotatable bonds is 6. The fraction of sp³-hybridized carbons (Fsp3) is 0. The summed E-state index contributed by atoms with van der Waals surface area (Å²) in [5.41, 5.74) is 12.0. The van der Waals surface area contributed by atoms with E-state index in [0.717, 1.165) is 44.6 Å². The molecule has 276 valence electrons. The summed E-state index contributed by atoms with van der Waals surface area (Å²) in [6.07, 6.45) is 0. The van der Waals surface area contributed by atoms with E-state index in [-0.39, 0.29) is 0 Å². The van der Waals surface area contributed by atoms with Crippen molar-refractivity contribution in [2.24, 2.45) is 0 Å². The van der Waals surface area contributed by atoms with Crippen LogP contribution in [0.1, 0.15) is 0 Å². The molecule has 0 fully saturated rings. The Balaban J connectivity index is 1.07. The summed E-state index contributed by atoms with van der Waals surface area (Å²) in [5, 5.41) is 9.68. The number of furan rings is 1. The molecule has 2 aromatic heterocycles. The molecular weight excluding hydrogens is 735 g/mol. The Morgan fingerprint density at radius 1 is 0.373 bits per heavy atom. The summed E-state index contributed by atoms with van der Waals surface area (Å²) in [7, 11) is 0. The van der Waals surface area contributed by atoms with Gasteiger partial charge in [0, 0.05) is 31.9 Å². The molecule has 59 heavy (non-hydrogen) atoms. The molecule has 0 unspecified atom stereocenters. The van der Waals surface area contributed by atoms with Crippen LogP contribution in [0, 0.1) is 0 Å². The molecule has 0 aliphatic carbocycles. The predicted molar refractivity (Wildman–Crippen MR) is 253 cm³/mol. The molecule has 10 aromatic carbocycles. The second kappa shape index (κ2) is 13.6. The van der Waals surface area contributed by atoms with Crippen LogP contribution in [0.25, 0.3) is 97.0 Å². The second-order valence-corrected chi connectivity index (χ2v) is 16.3. The normalized spacial score (nSPS) is 11.7. The average Bonchev–Trinajstić information content (AvgIpc) is 3.89. The van der Waals surface area contributed by atoms with Gasteiger partial charge in [-0.2, -0.15) is 0 Å². The maximum atomic E-state index is 6.97. The molecule has 0 aliphatic heterocycles. The van der Waals surface area contributed by atoms with E-state index in [4.69, 9.17) is 4.42 Å². The van der Waals surface area contributed by atoms with Gasteiger partial charge in [-0.1, -0.05) is 164 Å². The topological polar surface area (TPSA) is 16.4 Å². The Kier molecular flexibility index (Phi) is 7.75. The van der Waals surface area contributed by atoms with E-state index < -0.39 is 0 Å². The number of benzene rings is 10. The predicted octanol–water partition coefficient (Wildman–Crippen LogP) is 16.7. The number of nitrogens with zero attached hydrogens (tertiary/aromatic N) is 1. The van der Waals surface area contributed by atoms with Gasteiger partial charge in [-0.3, -0.25) is 0 Å². The summed E-state index contributed by atoms with van der Waals surface area (Å²) in [6.45, 7) is 0. The van der Waals surface area contributed by atoms with Gasteiger partial charge >= 0.3 is 0 Å². The molecule has 0 saturated carbocycles. The fourth-order valence-corrected chi connectivity index (χ4v) is 10.2. The summed E-state index contributed by atoms with van der Waals surface area (Å²) >= 11 is 1.85. The van der Waals surface area contributed by atoms with Crippen LogP contribution in [0.15, 0.2) is 217 Å². The number of hydrogen-bond donors (Lipinski definition) is 0. The maximum absolute atomic E-state index is 6.97. The van der Waals surface area contributed by atoms with Gasteiger partial charge in [0.05, 0.1) is 16.1 Å². The maximum Gasteiger partial charge on any atom is 0.160 e. The lowest BCUT2D eigenvalue weighted by atomic mass is 9.94. The van der Waals surface area contributed by atoms with Gasteiger partial charge in [0.25, 0.3) is 0 Å². The third-order valence-electron chi connectivity index (χ3n) is 11.9. The van der Waals surface area contributed by atoms with Crippen LogP contribution >= 0.6 is 11.3 Å². The van der Waals surface area contributed by atoms with E-state index in [1.165, 1.54) is 69.5 Å². The minimum Gasteiger partial charge on any atom is -0.454 e. The molecule has 0 aliphatic rings. The Hall–Kier alpha value is -7.46. The molecule has 12 aromatic rings. The first-order valence-electron chi connectivity index (χ1n) is 20.1. The van der Waals surface area contributed by atoms with Crippen molar-refractivity contribution in [3.05, 3.63) is 212 Å². The molecule has 0 atom stereocenters. The monoisotopic (exact) mass is 769 g/mol. The molecule has 0 N–H and O–H groups in total. The van der Waals surface area contributed by atoms with Gasteiger partial charge in [-0.15, -0.1) is 11.3 Å². The van der Waals surface area contributed by atoms with Crippen molar-refractivity contribution in [1.82, 2.24) is 0 Å². The van der Waals surface area contributed by atoms with Crippen LogP contribution in [-0.2, 0) is 0 Å². The van der Waals surface area contributed by atoms with Crippen molar-refractivity contribution < 1.29 is 4.42 Å². The number of anilines is 3. The lowest BCUT2D eigenvalue weighted by molar-refractivity contribution is 0.669. The van der Waals surface area contributed by atoms with Crippen molar-refractivity contribution in [1.29, 1.82) is 0 Å². The zero-order valence-electron chi connectivity index (χ0n) is 32.0. The van der Waals surface area contributed by atoms with E-state index in [9.17, 15) is 0 Å². The molecule has 2 nitrogen and oxygen atoms in total. The second-order valence-electron chi connectivity index (χ2n) is 15.2. The van der Waals surface area contributed by atoms with Gasteiger partial charge in [0.1, 0.15) is 5.58 Å². The first-order chi connectivity index (χ1) is 29.2. The number of fused-ring (bicyclic) bond motifs is 8. The zero-order valence-corrected chi connectivity index (χ0v) is 32.8. The molecule has 2 heterocycles. The third-order valence-corrected chi connectivity index (χ3v) is 13.1. The molecule has 0 bridgehead atoms. The van der Waals surface area contributed by atoms with Crippen LogP contribution < -0.4 is 4.90 Å². The summed E-state index contributed by atoms with van der Waals surface area (Å²) in [4.78, 5) is 2.41. The molecular formula is C56H35NOS. The van der Waals surface area contributed by atoms with Crippen LogP contribution in [0.4, 0.5) is 17.1 Å². The molecule has 0 radical (unpaired) electrons. The molecule has 3 heteroatoms. The number of thiophene rings is 1. The summed E-state index contributed by atoms with van der Waals surface area (Å²) < 4.78 is 9.49. The minimum absolute atomic E-state index is 0.863. The lowest BCUT2D eigenvalue weighted by Crippen LogP contribution is -2.10. The quantitative estimate of drug-likeness (QED) is 0.167. The van der Waals surface area contributed by atoms with Crippen molar-refractivity contribution in [3.8, 4) is 33.4 Å². The van der Waals surface area contributed by atoms with Crippen molar-refractivity contribution in [3.63, 3.8) is 0 Å². The van der Waals surface area contributed by atoms with E-state index in [2.05, 4.69) is 217 Å². The van der Waals surface area contributed by atoms with Crippen LogP contribution in [0.3, 0.4) is 0 Å². The average molecular weight is 770 g/mol. The SMILES string of the molecule is c1ccc(-c2cccc3ccc(-c4ccc(N(c5ccc(-c6ccc7ccccc7c6)c6c5oc5ccccc56)c5cccc6c5sc5ccccc56)cc4)cc23)cc1. The van der Waals surface area contributed by atoms with Crippen molar-refractivity contribution in [2.45, 2.75) is 0 Å². The van der Waals surface area contributed by atoms with Crippen LogP contribution in [0.2, 0.25) is 0 Å². The van der Waals surface area contributed by atoms with E-state index in [0.29, 0.717) is 0 Å². The number of para-hydroxylation sites is 1. The first-order valence-corrected chi connectivity index (χ1v) is 20.9. The highest BCUT2D eigenvalue weighted by Crippen LogP contribution is 2.49. The molecule has 0 spiro atoms. The van der Waals surface area contributed by atoms with Crippen molar-refractivity contribution >= 4 is 92.1 Å². The highest BCUT2D eigenvalue weighted by Gasteiger charge is 2.24. The fourth-order valence-electron chi connectivity index (χ4n) is 9.03. The van der Waals surface area contributed by atoms with Gasteiger partial charge in [-0.25, -0.2) is 0 Å². The summed E-state index contributed by atoms with van der Waals surface area (Å²) in [6, 6.07) is 76.9. The Labute approximate surface area is 345 Å². The Bertz CT molecular complexity index is 3560. The van der Waals surface area contributed by atoms with Crippen LogP contribution in [-0.4, -0.2) is 0 Å². The van der Waals surface area contributed by atoms with E-state index in [1.54, 1.807) is 0 Å². The summed E-state index contributed by atoms with van der Waals surface area (Å²) in [5.74, 6) is 0.